The van der Waals surface area contributed by atoms with Gasteiger partial charge in [0, 0.05) is 15.3 Å². The molecule has 16 heavy (non-hydrogen) atoms. The number of carboxylic acid groups (broad SMARTS) is 1. The van der Waals surface area contributed by atoms with Gasteiger partial charge in [0.25, 0.3) is 6.43 Å². The molecule has 0 aliphatic heterocycles. The first kappa shape index (κ1) is 13.6. The lowest BCUT2D eigenvalue weighted by Gasteiger charge is -2.11. The van der Waals surface area contributed by atoms with Crippen molar-refractivity contribution >= 4 is 40.2 Å². The molecule has 3 nitrogen and oxygen atoms in total. The van der Waals surface area contributed by atoms with Crippen LogP contribution in [0.5, 0.6) is 0 Å². The van der Waals surface area contributed by atoms with Gasteiger partial charge < -0.3 is 5.11 Å². The fourth-order valence-corrected chi connectivity index (χ4v) is 2.55. The molecule has 0 unspecified atom stereocenters. The number of carbonyl (C=O) groups is 1. The number of pyridine rings is 1. The first-order valence-corrected chi connectivity index (χ1v) is 5.80. The number of nitrogens with zero attached hydrogens (tertiary/aromatic N) is 1. The average molecular weight is 362 g/mol. The molecule has 0 spiro atoms. The van der Waals surface area contributed by atoms with Crippen molar-refractivity contribution in [3.8, 4) is 0 Å². The molecule has 0 radical (unpaired) electrons. The summed E-state index contributed by atoms with van der Waals surface area (Å²) < 4.78 is 25.8. The molecule has 1 heterocycles. The molecule has 0 aliphatic carbocycles. The molecule has 0 bridgehead atoms. The lowest BCUT2D eigenvalue weighted by molar-refractivity contribution is -0.136. The van der Waals surface area contributed by atoms with Crippen molar-refractivity contribution in [2.45, 2.75) is 18.7 Å². The molecule has 1 rings (SSSR count). The zero-order valence-corrected chi connectivity index (χ0v) is 10.8. The van der Waals surface area contributed by atoms with E-state index in [1.54, 1.807) is 22.6 Å². The van der Waals surface area contributed by atoms with Gasteiger partial charge in [-0.05, 0) is 28.2 Å². The van der Waals surface area contributed by atoms with E-state index in [2.05, 4.69) is 4.98 Å². The summed E-state index contributed by atoms with van der Waals surface area (Å²) in [5, 5.41) is 8.59. The molecule has 0 saturated heterocycles. The van der Waals surface area contributed by atoms with Crippen LogP contribution in [0.25, 0.3) is 0 Å². The van der Waals surface area contributed by atoms with Gasteiger partial charge in [0.15, 0.2) is 0 Å². The quantitative estimate of drug-likeness (QED) is 0.662. The Balaban J connectivity index is 3.28. The molecular weight excluding hydrogens is 354 g/mol. The van der Waals surface area contributed by atoms with Crippen molar-refractivity contribution in [1.29, 1.82) is 0 Å². The minimum atomic E-state index is -2.73. The van der Waals surface area contributed by atoms with Crippen LogP contribution < -0.4 is 0 Å². The van der Waals surface area contributed by atoms with Crippen LogP contribution in [-0.2, 0) is 17.1 Å². The first-order valence-electron chi connectivity index (χ1n) is 4.19. The Morgan fingerprint density at radius 3 is 2.69 bits per heavy atom. The second kappa shape index (κ2) is 5.72. The van der Waals surface area contributed by atoms with E-state index in [0.717, 1.165) is 6.20 Å². The summed E-state index contributed by atoms with van der Waals surface area (Å²) in [4.78, 5) is 14.4. The molecule has 88 valence electrons. The topological polar surface area (TPSA) is 50.2 Å². The van der Waals surface area contributed by atoms with E-state index in [1.165, 1.54) is 0 Å². The standard InChI is InChI=1S/C9H7ClF2INO2/c10-2-5-8(13)7(9(11)12)4(3-14-5)1-6(15)16/h3,9H,1-2H2,(H,15,16). The summed E-state index contributed by atoms with van der Waals surface area (Å²) in [7, 11) is 0. The highest BCUT2D eigenvalue weighted by Crippen LogP contribution is 2.30. The van der Waals surface area contributed by atoms with Crippen molar-refractivity contribution in [2.75, 3.05) is 0 Å². The lowest BCUT2D eigenvalue weighted by Crippen LogP contribution is -2.08. The van der Waals surface area contributed by atoms with Crippen molar-refractivity contribution < 1.29 is 18.7 Å². The number of aliphatic carboxylic acids is 1. The first-order chi connectivity index (χ1) is 7.47. The maximum absolute atomic E-state index is 12.8. The van der Waals surface area contributed by atoms with Gasteiger partial charge >= 0.3 is 5.97 Å². The predicted molar refractivity (Wildman–Crippen MR) is 62.8 cm³/mol. The SMILES string of the molecule is O=C(O)Cc1cnc(CCl)c(I)c1C(F)F. The Hall–Kier alpha value is -0.500. The molecule has 1 N–H and O–H groups in total. The van der Waals surface area contributed by atoms with Gasteiger partial charge in [-0.2, -0.15) is 0 Å². The molecule has 0 aromatic carbocycles. The lowest BCUT2D eigenvalue weighted by atomic mass is 10.1. The average Bonchev–Trinajstić information content (AvgIpc) is 2.16. The van der Waals surface area contributed by atoms with Crippen molar-refractivity contribution in [1.82, 2.24) is 4.98 Å². The van der Waals surface area contributed by atoms with Gasteiger partial charge in [0.05, 0.1) is 18.0 Å². The number of hydrogen-bond donors (Lipinski definition) is 1. The summed E-state index contributed by atoms with van der Waals surface area (Å²) >= 11 is 7.25. The Bertz CT molecular complexity index is 415. The minimum Gasteiger partial charge on any atom is -0.481 e. The summed E-state index contributed by atoms with van der Waals surface area (Å²) in [6, 6.07) is 0. The summed E-state index contributed by atoms with van der Waals surface area (Å²) in [5.74, 6) is -1.15. The molecule has 1 aromatic rings. The third kappa shape index (κ3) is 3.00. The summed E-state index contributed by atoms with van der Waals surface area (Å²) in [6.45, 7) is 0. The molecule has 0 saturated carbocycles. The van der Waals surface area contributed by atoms with E-state index in [9.17, 15) is 13.6 Å². The van der Waals surface area contributed by atoms with Gasteiger partial charge in [0.2, 0.25) is 0 Å². The van der Waals surface area contributed by atoms with E-state index in [-0.39, 0.29) is 20.6 Å². The minimum absolute atomic E-state index is 0.0192. The van der Waals surface area contributed by atoms with Gasteiger partial charge in [-0.1, -0.05) is 0 Å². The second-order valence-electron chi connectivity index (χ2n) is 2.96. The Kier molecular flexibility index (Phi) is 4.85. The highest BCUT2D eigenvalue weighted by molar-refractivity contribution is 14.1. The Morgan fingerprint density at radius 1 is 1.62 bits per heavy atom. The normalized spacial score (nSPS) is 10.8. The third-order valence-corrected chi connectivity index (χ3v) is 3.36. The van der Waals surface area contributed by atoms with Gasteiger partial charge in [-0.25, -0.2) is 8.78 Å². The predicted octanol–water partition coefficient (Wildman–Crippen LogP) is 2.99. The van der Waals surface area contributed by atoms with E-state index >= 15 is 0 Å². The number of aromatic nitrogens is 1. The van der Waals surface area contributed by atoms with Gasteiger partial charge in [-0.15, -0.1) is 11.6 Å². The van der Waals surface area contributed by atoms with Crippen molar-refractivity contribution in [3.05, 3.63) is 26.6 Å². The maximum atomic E-state index is 12.8. The van der Waals surface area contributed by atoms with E-state index in [4.69, 9.17) is 16.7 Å². The molecule has 1 aromatic heterocycles. The zero-order chi connectivity index (χ0) is 12.3. The molecule has 0 fully saturated rings. The van der Waals surface area contributed by atoms with Crippen LogP contribution >= 0.6 is 34.2 Å². The zero-order valence-electron chi connectivity index (χ0n) is 7.88. The van der Waals surface area contributed by atoms with E-state index in [1.807, 2.05) is 0 Å². The van der Waals surface area contributed by atoms with Gasteiger partial charge in [0.1, 0.15) is 0 Å². The Labute approximate surface area is 109 Å². The fourth-order valence-electron chi connectivity index (χ4n) is 1.21. The number of alkyl halides is 3. The largest absolute Gasteiger partial charge is 0.481 e. The highest BCUT2D eigenvalue weighted by atomic mass is 127. The number of rotatable bonds is 4. The fraction of sp³-hybridized carbons (Fsp3) is 0.333. The summed E-state index contributed by atoms with van der Waals surface area (Å²) in [6.07, 6.45) is -2.05. The number of carboxylic acids is 1. The monoisotopic (exact) mass is 361 g/mol. The van der Waals surface area contributed by atoms with Crippen molar-refractivity contribution in [3.63, 3.8) is 0 Å². The highest BCUT2D eigenvalue weighted by Gasteiger charge is 2.21. The van der Waals surface area contributed by atoms with Crippen LogP contribution in [0.3, 0.4) is 0 Å². The van der Waals surface area contributed by atoms with E-state index in [0.29, 0.717) is 5.69 Å². The molecule has 7 heteroatoms. The maximum Gasteiger partial charge on any atom is 0.307 e. The van der Waals surface area contributed by atoms with Crippen LogP contribution in [-0.4, -0.2) is 16.1 Å². The van der Waals surface area contributed by atoms with Crippen LogP contribution in [0.2, 0.25) is 0 Å². The van der Waals surface area contributed by atoms with Gasteiger partial charge in [-0.3, -0.25) is 9.78 Å². The van der Waals surface area contributed by atoms with Crippen LogP contribution in [0, 0.1) is 3.57 Å². The van der Waals surface area contributed by atoms with E-state index < -0.39 is 18.8 Å². The second-order valence-corrected chi connectivity index (χ2v) is 4.31. The number of halogens is 4. The molecule has 0 atom stereocenters. The number of hydrogen-bond acceptors (Lipinski definition) is 2. The summed E-state index contributed by atoms with van der Waals surface area (Å²) in [5.41, 5.74) is 0.0844. The smallest absolute Gasteiger partial charge is 0.307 e. The van der Waals surface area contributed by atoms with Crippen molar-refractivity contribution in [2.24, 2.45) is 0 Å². The van der Waals surface area contributed by atoms with Crippen LogP contribution in [0.15, 0.2) is 6.20 Å². The molecule has 0 aliphatic rings. The van der Waals surface area contributed by atoms with Crippen LogP contribution in [0.1, 0.15) is 23.2 Å². The third-order valence-electron chi connectivity index (χ3n) is 1.90. The van der Waals surface area contributed by atoms with Crippen LogP contribution in [0.4, 0.5) is 8.78 Å². The Morgan fingerprint density at radius 2 is 2.25 bits per heavy atom. The molecule has 0 amide bonds. The molecular formula is C9H7ClF2INO2.